The molecule has 18 heavy (non-hydrogen) atoms. The van der Waals surface area contributed by atoms with Gasteiger partial charge in [-0.2, -0.15) is 5.10 Å². The van der Waals surface area contributed by atoms with E-state index in [9.17, 15) is 4.39 Å². The van der Waals surface area contributed by atoms with Crippen LogP contribution in [0.2, 0.25) is 0 Å². The van der Waals surface area contributed by atoms with E-state index in [1.54, 1.807) is 31.4 Å². The van der Waals surface area contributed by atoms with Crippen LogP contribution in [-0.4, -0.2) is 26.8 Å². The first kappa shape index (κ1) is 10.6. The number of benzene rings is 1. The molecule has 3 rings (SSSR count). The summed E-state index contributed by atoms with van der Waals surface area (Å²) in [5.41, 5.74) is 0.938. The second-order valence-electron chi connectivity index (χ2n) is 3.72. The highest BCUT2D eigenvalue weighted by atomic mass is 19.1. The van der Waals surface area contributed by atoms with Gasteiger partial charge in [-0.15, -0.1) is 0 Å². The number of halogens is 1. The Morgan fingerprint density at radius 3 is 2.83 bits per heavy atom. The molecule has 0 saturated carbocycles. The van der Waals surface area contributed by atoms with Gasteiger partial charge in [0.25, 0.3) is 0 Å². The lowest BCUT2D eigenvalue weighted by molar-refractivity contribution is 0.612. The Morgan fingerprint density at radius 2 is 2.06 bits per heavy atom. The predicted octanol–water partition coefficient (Wildman–Crippen LogP) is 2.00. The average molecular weight is 243 g/mol. The minimum Gasteiger partial charge on any atom is -0.372 e. The fourth-order valence-corrected chi connectivity index (χ4v) is 1.84. The van der Waals surface area contributed by atoms with E-state index in [1.807, 2.05) is 0 Å². The first-order valence-electron chi connectivity index (χ1n) is 5.42. The van der Waals surface area contributed by atoms with E-state index in [0.717, 1.165) is 5.39 Å². The van der Waals surface area contributed by atoms with Crippen LogP contribution in [-0.2, 0) is 0 Å². The summed E-state index contributed by atoms with van der Waals surface area (Å²) in [6.45, 7) is 0. The third-order valence-electron chi connectivity index (χ3n) is 2.68. The summed E-state index contributed by atoms with van der Waals surface area (Å²) in [6.07, 6.45) is 3.04. The molecular weight excluding hydrogens is 233 g/mol. The van der Waals surface area contributed by atoms with Crippen LogP contribution in [0.4, 0.5) is 10.2 Å². The fraction of sp³-hybridized carbons (Fsp3) is 0.0833. The Balaban J connectivity index is 2.29. The van der Waals surface area contributed by atoms with Crippen molar-refractivity contribution in [1.82, 2.24) is 19.7 Å². The Kier molecular flexibility index (Phi) is 2.40. The monoisotopic (exact) mass is 243 g/mol. The molecule has 6 heteroatoms. The molecule has 0 amide bonds. The molecule has 0 unspecified atom stereocenters. The van der Waals surface area contributed by atoms with E-state index in [-0.39, 0.29) is 5.82 Å². The summed E-state index contributed by atoms with van der Waals surface area (Å²) in [5, 5.41) is 7.87. The minimum absolute atomic E-state index is 0.341. The van der Waals surface area contributed by atoms with Crippen molar-refractivity contribution >= 4 is 16.9 Å². The third-order valence-corrected chi connectivity index (χ3v) is 2.68. The summed E-state index contributed by atoms with van der Waals surface area (Å²) >= 11 is 0. The molecule has 0 spiro atoms. The summed E-state index contributed by atoms with van der Waals surface area (Å²) in [5.74, 6) is 0.328. The highest BCUT2D eigenvalue weighted by Crippen LogP contribution is 2.22. The maximum absolute atomic E-state index is 13.7. The van der Waals surface area contributed by atoms with E-state index < -0.39 is 0 Å². The minimum atomic E-state index is -0.341. The molecule has 0 aliphatic rings. The van der Waals surface area contributed by atoms with E-state index in [1.165, 1.54) is 17.1 Å². The number of anilines is 1. The SMILES string of the molecule is CNc1ncnc2c1cnn2-c1ccccc1F. The second-order valence-corrected chi connectivity index (χ2v) is 3.72. The largest absolute Gasteiger partial charge is 0.372 e. The van der Waals surface area contributed by atoms with Crippen LogP contribution >= 0.6 is 0 Å². The number of fused-ring (bicyclic) bond motifs is 1. The number of para-hydroxylation sites is 1. The van der Waals surface area contributed by atoms with Crippen LogP contribution in [0.25, 0.3) is 16.7 Å². The van der Waals surface area contributed by atoms with Crippen LogP contribution in [0.3, 0.4) is 0 Å². The molecule has 0 radical (unpaired) electrons. The molecule has 2 aromatic heterocycles. The van der Waals surface area contributed by atoms with Crippen molar-refractivity contribution < 1.29 is 4.39 Å². The van der Waals surface area contributed by atoms with Gasteiger partial charge in [0.05, 0.1) is 11.6 Å². The molecule has 0 saturated heterocycles. The van der Waals surface area contributed by atoms with Crippen molar-refractivity contribution in [1.29, 1.82) is 0 Å². The van der Waals surface area contributed by atoms with Gasteiger partial charge in [0.2, 0.25) is 0 Å². The van der Waals surface area contributed by atoms with E-state index >= 15 is 0 Å². The molecule has 3 aromatic rings. The molecule has 5 nitrogen and oxygen atoms in total. The van der Waals surface area contributed by atoms with Gasteiger partial charge in [-0.3, -0.25) is 0 Å². The van der Waals surface area contributed by atoms with Crippen molar-refractivity contribution in [3.8, 4) is 5.69 Å². The topological polar surface area (TPSA) is 55.6 Å². The van der Waals surface area contributed by atoms with Gasteiger partial charge in [0, 0.05) is 7.05 Å². The third kappa shape index (κ3) is 1.50. The van der Waals surface area contributed by atoms with E-state index in [0.29, 0.717) is 17.2 Å². The lowest BCUT2D eigenvalue weighted by Crippen LogP contribution is -2.01. The molecule has 0 atom stereocenters. The summed E-state index contributed by atoms with van der Waals surface area (Å²) in [7, 11) is 1.77. The number of nitrogens with one attached hydrogen (secondary N) is 1. The lowest BCUT2D eigenvalue weighted by atomic mass is 10.3. The number of aromatic nitrogens is 4. The van der Waals surface area contributed by atoms with Crippen LogP contribution < -0.4 is 5.32 Å². The Hall–Kier alpha value is -2.50. The highest BCUT2D eigenvalue weighted by Gasteiger charge is 2.12. The second kappa shape index (κ2) is 4.06. The van der Waals surface area contributed by atoms with Crippen LogP contribution in [0, 0.1) is 5.82 Å². The number of hydrogen-bond donors (Lipinski definition) is 1. The Labute approximate surface area is 102 Å². The normalized spacial score (nSPS) is 10.8. The van der Waals surface area contributed by atoms with Gasteiger partial charge >= 0.3 is 0 Å². The van der Waals surface area contributed by atoms with Gasteiger partial charge in [-0.25, -0.2) is 19.0 Å². The zero-order valence-corrected chi connectivity index (χ0v) is 9.63. The number of hydrogen-bond acceptors (Lipinski definition) is 4. The molecule has 0 fully saturated rings. The zero-order chi connectivity index (χ0) is 12.5. The standard InChI is InChI=1S/C12H10FN5/c1-14-11-8-6-17-18(12(8)16-7-15-11)10-5-3-2-4-9(10)13/h2-7H,1H3,(H,14,15,16). The van der Waals surface area contributed by atoms with Gasteiger partial charge < -0.3 is 5.32 Å². The number of nitrogens with zero attached hydrogens (tertiary/aromatic N) is 4. The van der Waals surface area contributed by atoms with Gasteiger partial charge in [-0.1, -0.05) is 12.1 Å². The highest BCUT2D eigenvalue weighted by molar-refractivity contribution is 5.86. The Bertz CT molecular complexity index is 707. The maximum Gasteiger partial charge on any atom is 0.168 e. The maximum atomic E-state index is 13.7. The molecule has 0 bridgehead atoms. The predicted molar refractivity (Wildman–Crippen MR) is 66.2 cm³/mol. The van der Waals surface area contributed by atoms with E-state index in [2.05, 4.69) is 20.4 Å². The number of rotatable bonds is 2. The first-order chi connectivity index (χ1) is 8.81. The molecule has 0 aliphatic carbocycles. The zero-order valence-electron chi connectivity index (χ0n) is 9.63. The lowest BCUT2D eigenvalue weighted by Gasteiger charge is -2.04. The summed E-state index contributed by atoms with van der Waals surface area (Å²) in [4.78, 5) is 8.24. The van der Waals surface area contributed by atoms with Crippen molar-refractivity contribution in [3.63, 3.8) is 0 Å². The molecule has 1 N–H and O–H groups in total. The summed E-state index contributed by atoms with van der Waals surface area (Å²) in [6, 6.07) is 6.44. The molecule has 2 heterocycles. The van der Waals surface area contributed by atoms with Crippen molar-refractivity contribution in [3.05, 3.63) is 42.6 Å². The molecule has 1 aromatic carbocycles. The smallest absolute Gasteiger partial charge is 0.168 e. The van der Waals surface area contributed by atoms with Crippen molar-refractivity contribution in [2.24, 2.45) is 0 Å². The quantitative estimate of drug-likeness (QED) is 0.748. The van der Waals surface area contributed by atoms with Crippen LogP contribution in [0.15, 0.2) is 36.8 Å². The first-order valence-corrected chi connectivity index (χ1v) is 5.42. The van der Waals surface area contributed by atoms with Gasteiger partial charge in [0.1, 0.15) is 23.6 Å². The molecular formula is C12H10FN5. The van der Waals surface area contributed by atoms with Gasteiger partial charge in [-0.05, 0) is 12.1 Å². The molecule has 0 aliphatic heterocycles. The van der Waals surface area contributed by atoms with Crippen molar-refractivity contribution in [2.45, 2.75) is 0 Å². The van der Waals surface area contributed by atoms with Crippen molar-refractivity contribution in [2.75, 3.05) is 12.4 Å². The van der Waals surface area contributed by atoms with E-state index in [4.69, 9.17) is 0 Å². The average Bonchev–Trinajstić information content (AvgIpc) is 2.83. The molecule has 90 valence electrons. The van der Waals surface area contributed by atoms with Crippen LogP contribution in [0.5, 0.6) is 0 Å². The summed E-state index contributed by atoms with van der Waals surface area (Å²) < 4.78 is 15.2. The van der Waals surface area contributed by atoms with Gasteiger partial charge in [0.15, 0.2) is 5.65 Å². The fourth-order valence-electron chi connectivity index (χ4n) is 1.84. The Morgan fingerprint density at radius 1 is 1.22 bits per heavy atom. The van der Waals surface area contributed by atoms with Crippen LogP contribution in [0.1, 0.15) is 0 Å².